The fraction of sp³-hybridized carbons (Fsp3) is 0.941. The highest BCUT2D eigenvalue weighted by atomic mass is 16.1. The Bertz CT molecular complexity index is 349. The summed E-state index contributed by atoms with van der Waals surface area (Å²) in [5, 5.41) is 7.16. The standard InChI is InChI=1S/C17H28N2O/c20-17(15-13-7-3-1-5-11(13)9-18-15)16-14-8-4-2-6-12(14)10-19-16/h11-16,18-19H,1-10H2. The molecule has 4 aliphatic rings. The molecular weight excluding hydrogens is 248 g/mol. The molecule has 6 unspecified atom stereocenters. The second-order valence-corrected chi connectivity index (χ2v) is 7.59. The van der Waals surface area contributed by atoms with Crippen LogP contribution in [0.1, 0.15) is 51.4 Å². The SMILES string of the molecule is O=C(C1NCC2CCCCC21)C1NCC2CCCCC21. The Kier molecular flexibility index (Phi) is 3.59. The highest BCUT2D eigenvalue weighted by molar-refractivity contribution is 5.90. The van der Waals surface area contributed by atoms with Gasteiger partial charge in [-0.25, -0.2) is 0 Å². The van der Waals surface area contributed by atoms with Gasteiger partial charge in [-0.2, -0.15) is 0 Å². The van der Waals surface area contributed by atoms with Gasteiger partial charge in [0.05, 0.1) is 12.1 Å². The molecule has 0 aromatic rings. The lowest BCUT2D eigenvalue weighted by molar-refractivity contribution is -0.125. The lowest BCUT2D eigenvalue weighted by Crippen LogP contribution is -2.48. The van der Waals surface area contributed by atoms with Gasteiger partial charge in [-0.15, -0.1) is 0 Å². The molecule has 0 aromatic carbocycles. The van der Waals surface area contributed by atoms with Crippen molar-refractivity contribution in [3.8, 4) is 0 Å². The number of carbonyl (C=O) groups is 1. The summed E-state index contributed by atoms with van der Waals surface area (Å²) in [4.78, 5) is 13.0. The van der Waals surface area contributed by atoms with Gasteiger partial charge < -0.3 is 10.6 Å². The molecule has 2 aliphatic carbocycles. The van der Waals surface area contributed by atoms with Crippen LogP contribution >= 0.6 is 0 Å². The average Bonchev–Trinajstić information content (AvgIpc) is 3.11. The van der Waals surface area contributed by atoms with Crippen LogP contribution in [0.25, 0.3) is 0 Å². The van der Waals surface area contributed by atoms with Gasteiger partial charge in [-0.3, -0.25) is 4.79 Å². The van der Waals surface area contributed by atoms with Gasteiger partial charge >= 0.3 is 0 Å². The van der Waals surface area contributed by atoms with Gasteiger partial charge in [0.15, 0.2) is 5.78 Å². The van der Waals surface area contributed by atoms with E-state index in [-0.39, 0.29) is 12.1 Å². The summed E-state index contributed by atoms with van der Waals surface area (Å²) in [5.74, 6) is 3.35. The maximum absolute atomic E-state index is 13.0. The second kappa shape index (κ2) is 5.42. The molecule has 2 saturated heterocycles. The monoisotopic (exact) mass is 276 g/mol. The molecule has 2 heterocycles. The summed E-state index contributed by atoms with van der Waals surface area (Å²) in [5.41, 5.74) is 0. The molecule has 0 bridgehead atoms. The summed E-state index contributed by atoms with van der Waals surface area (Å²) in [7, 11) is 0. The third-order valence-electron chi connectivity index (χ3n) is 6.61. The van der Waals surface area contributed by atoms with E-state index < -0.39 is 0 Å². The van der Waals surface area contributed by atoms with Crippen molar-refractivity contribution >= 4 is 5.78 Å². The van der Waals surface area contributed by atoms with E-state index in [0.717, 1.165) is 24.9 Å². The predicted molar refractivity (Wildman–Crippen MR) is 79.5 cm³/mol. The topological polar surface area (TPSA) is 41.1 Å². The maximum Gasteiger partial charge on any atom is 0.167 e. The number of carbonyl (C=O) groups excluding carboxylic acids is 1. The van der Waals surface area contributed by atoms with Crippen LogP contribution in [0.3, 0.4) is 0 Å². The Morgan fingerprint density at radius 1 is 0.700 bits per heavy atom. The quantitative estimate of drug-likeness (QED) is 0.811. The molecule has 3 nitrogen and oxygen atoms in total. The number of nitrogens with one attached hydrogen (secondary N) is 2. The van der Waals surface area contributed by atoms with Gasteiger partial charge in [0.25, 0.3) is 0 Å². The van der Waals surface area contributed by atoms with Crippen LogP contribution in [0.4, 0.5) is 0 Å². The van der Waals surface area contributed by atoms with E-state index in [0.29, 0.717) is 17.6 Å². The molecule has 0 aromatic heterocycles. The van der Waals surface area contributed by atoms with Gasteiger partial charge in [0.1, 0.15) is 0 Å². The summed E-state index contributed by atoms with van der Waals surface area (Å²) < 4.78 is 0. The maximum atomic E-state index is 13.0. The van der Waals surface area contributed by atoms with E-state index in [4.69, 9.17) is 0 Å². The Labute approximate surface area is 122 Å². The largest absolute Gasteiger partial charge is 0.307 e. The lowest BCUT2D eigenvalue weighted by atomic mass is 9.73. The van der Waals surface area contributed by atoms with E-state index in [1.165, 1.54) is 51.4 Å². The molecule has 2 N–H and O–H groups in total. The highest BCUT2D eigenvalue weighted by Crippen LogP contribution is 2.40. The zero-order valence-corrected chi connectivity index (χ0v) is 12.4. The second-order valence-electron chi connectivity index (χ2n) is 7.59. The Hall–Kier alpha value is -0.410. The Morgan fingerprint density at radius 2 is 1.15 bits per heavy atom. The van der Waals surface area contributed by atoms with Crippen LogP contribution in [0.15, 0.2) is 0 Å². The van der Waals surface area contributed by atoms with Crippen molar-refractivity contribution in [1.29, 1.82) is 0 Å². The number of hydrogen-bond donors (Lipinski definition) is 2. The molecule has 2 aliphatic heterocycles. The average molecular weight is 276 g/mol. The van der Waals surface area contributed by atoms with Crippen LogP contribution in [0.5, 0.6) is 0 Å². The Balaban J connectivity index is 1.47. The van der Waals surface area contributed by atoms with E-state index >= 15 is 0 Å². The third-order valence-corrected chi connectivity index (χ3v) is 6.61. The molecule has 3 heteroatoms. The number of ketones is 1. The Morgan fingerprint density at radius 3 is 1.65 bits per heavy atom. The van der Waals surface area contributed by atoms with Gasteiger partial charge in [0.2, 0.25) is 0 Å². The number of Topliss-reactive ketones (excluding diaryl/α,β-unsaturated/α-hetero) is 1. The van der Waals surface area contributed by atoms with Crippen LogP contribution in [-0.4, -0.2) is 31.0 Å². The first kappa shape index (κ1) is 13.3. The zero-order valence-electron chi connectivity index (χ0n) is 12.4. The summed E-state index contributed by atoms with van der Waals surface area (Å²) >= 11 is 0. The first-order chi connectivity index (χ1) is 9.84. The molecule has 4 rings (SSSR count). The molecule has 20 heavy (non-hydrogen) atoms. The first-order valence-corrected chi connectivity index (χ1v) is 8.85. The molecule has 4 fully saturated rings. The van der Waals surface area contributed by atoms with E-state index in [2.05, 4.69) is 10.6 Å². The van der Waals surface area contributed by atoms with Crippen molar-refractivity contribution in [3.05, 3.63) is 0 Å². The van der Waals surface area contributed by atoms with E-state index in [9.17, 15) is 4.79 Å². The van der Waals surface area contributed by atoms with Crippen LogP contribution in [-0.2, 0) is 4.79 Å². The predicted octanol–water partition coefficient (Wildman–Crippen LogP) is 2.11. The zero-order chi connectivity index (χ0) is 13.5. The minimum atomic E-state index is 0.165. The lowest BCUT2D eigenvalue weighted by Gasteiger charge is -2.32. The molecule has 6 atom stereocenters. The van der Waals surface area contributed by atoms with Crippen LogP contribution < -0.4 is 10.6 Å². The minimum Gasteiger partial charge on any atom is -0.307 e. The van der Waals surface area contributed by atoms with E-state index in [1.807, 2.05) is 0 Å². The summed E-state index contributed by atoms with van der Waals surface area (Å²) in [6.07, 6.45) is 10.6. The number of rotatable bonds is 2. The smallest absolute Gasteiger partial charge is 0.167 e. The molecule has 0 amide bonds. The minimum absolute atomic E-state index is 0.165. The van der Waals surface area contributed by atoms with E-state index in [1.54, 1.807) is 0 Å². The number of fused-ring (bicyclic) bond motifs is 2. The van der Waals surface area contributed by atoms with Crippen LogP contribution in [0, 0.1) is 23.7 Å². The molecule has 0 radical (unpaired) electrons. The van der Waals surface area contributed by atoms with Crippen molar-refractivity contribution in [2.24, 2.45) is 23.7 Å². The van der Waals surface area contributed by atoms with Crippen LogP contribution in [0.2, 0.25) is 0 Å². The summed E-state index contributed by atoms with van der Waals surface area (Å²) in [6.45, 7) is 2.17. The third kappa shape index (κ3) is 2.14. The van der Waals surface area contributed by atoms with Gasteiger partial charge in [-0.05, 0) is 62.4 Å². The fourth-order valence-electron chi connectivity index (χ4n) is 5.53. The van der Waals surface area contributed by atoms with Crippen molar-refractivity contribution in [3.63, 3.8) is 0 Å². The molecule has 0 spiro atoms. The molecule has 2 saturated carbocycles. The fourth-order valence-corrected chi connectivity index (χ4v) is 5.53. The first-order valence-electron chi connectivity index (χ1n) is 8.85. The molecular formula is C17H28N2O. The van der Waals surface area contributed by atoms with Gasteiger partial charge in [0, 0.05) is 0 Å². The van der Waals surface area contributed by atoms with Gasteiger partial charge in [-0.1, -0.05) is 25.7 Å². The number of hydrogen-bond acceptors (Lipinski definition) is 3. The molecule has 112 valence electrons. The van der Waals surface area contributed by atoms with Crippen molar-refractivity contribution in [1.82, 2.24) is 10.6 Å². The summed E-state index contributed by atoms with van der Waals surface area (Å²) in [6, 6.07) is 0.331. The highest BCUT2D eigenvalue weighted by Gasteiger charge is 2.47. The van der Waals surface area contributed by atoms with Crippen molar-refractivity contribution in [2.45, 2.75) is 63.5 Å². The van der Waals surface area contributed by atoms with Crippen molar-refractivity contribution in [2.75, 3.05) is 13.1 Å². The normalized spacial score (nSPS) is 47.8. The van der Waals surface area contributed by atoms with Crippen molar-refractivity contribution < 1.29 is 4.79 Å².